The quantitative estimate of drug-likeness (QED) is 0.880. The molecule has 2 aromatic rings. The second-order valence-corrected chi connectivity index (χ2v) is 7.37. The molecule has 1 unspecified atom stereocenters. The Labute approximate surface area is 154 Å². The van der Waals surface area contributed by atoms with Gasteiger partial charge in [-0.05, 0) is 50.9 Å². The van der Waals surface area contributed by atoms with Gasteiger partial charge in [0.25, 0.3) is 0 Å². The summed E-state index contributed by atoms with van der Waals surface area (Å²) >= 11 is 6.17. The highest BCUT2D eigenvalue weighted by molar-refractivity contribution is 6.31. The van der Waals surface area contributed by atoms with E-state index in [0.29, 0.717) is 11.1 Å². The summed E-state index contributed by atoms with van der Waals surface area (Å²) in [5.41, 5.74) is 4.60. The molecule has 1 fully saturated rings. The Hall–Kier alpha value is -1.43. The first kappa shape index (κ1) is 18.4. The molecule has 0 radical (unpaired) electrons. The maximum Gasteiger partial charge on any atom is 0.124 e. The molecule has 1 aromatic heterocycles. The Morgan fingerprint density at radius 3 is 2.84 bits per heavy atom. The molecule has 3 rings (SSSR count). The highest BCUT2D eigenvalue weighted by atomic mass is 35.5. The van der Waals surface area contributed by atoms with Crippen molar-refractivity contribution in [3.63, 3.8) is 0 Å². The van der Waals surface area contributed by atoms with E-state index in [1.807, 2.05) is 11.7 Å². The minimum atomic E-state index is -0.283. The van der Waals surface area contributed by atoms with E-state index in [4.69, 9.17) is 11.6 Å². The summed E-state index contributed by atoms with van der Waals surface area (Å²) in [4.78, 5) is 2.39. The van der Waals surface area contributed by atoms with E-state index in [9.17, 15) is 4.39 Å². The summed E-state index contributed by atoms with van der Waals surface area (Å²) in [7, 11) is 1.99. The number of likely N-dealkylation sites (tertiary alicyclic amines) is 1. The number of benzene rings is 1. The van der Waals surface area contributed by atoms with E-state index in [1.165, 1.54) is 29.8 Å². The molecule has 0 saturated carbocycles. The molecule has 4 nitrogen and oxygen atoms in total. The van der Waals surface area contributed by atoms with Crippen LogP contribution in [-0.2, 0) is 20.1 Å². The number of nitrogens with one attached hydrogen (secondary N) is 1. The lowest BCUT2D eigenvalue weighted by Gasteiger charge is -2.33. The third-order valence-corrected chi connectivity index (χ3v) is 5.49. The molecular formula is C19H26ClFN4. The molecule has 1 atom stereocenters. The van der Waals surface area contributed by atoms with Crippen molar-refractivity contribution < 1.29 is 4.39 Å². The fraction of sp³-hybridized carbons (Fsp3) is 0.526. The number of halogens is 2. The summed E-state index contributed by atoms with van der Waals surface area (Å²) in [6.45, 7) is 7.82. The number of aryl methyl sites for hydroxylation is 2. The van der Waals surface area contributed by atoms with Gasteiger partial charge in [0.15, 0.2) is 0 Å². The average molecular weight is 365 g/mol. The molecule has 136 valence electrons. The third kappa shape index (κ3) is 4.40. The molecule has 6 heteroatoms. The summed E-state index contributed by atoms with van der Waals surface area (Å²) in [5, 5.41) is 8.68. The number of hydrogen-bond donors (Lipinski definition) is 1. The van der Waals surface area contributed by atoms with Gasteiger partial charge in [0.1, 0.15) is 5.82 Å². The molecule has 1 aliphatic rings. The molecule has 2 heterocycles. The largest absolute Gasteiger partial charge is 0.309 e. The zero-order valence-electron chi connectivity index (χ0n) is 15.1. The lowest BCUT2D eigenvalue weighted by molar-refractivity contribution is 0.182. The fourth-order valence-electron chi connectivity index (χ4n) is 3.58. The topological polar surface area (TPSA) is 33.1 Å². The molecule has 1 aromatic carbocycles. The zero-order chi connectivity index (χ0) is 18.0. The molecule has 0 amide bonds. The van der Waals surface area contributed by atoms with Crippen LogP contribution < -0.4 is 5.32 Å². The summed E-state index contributed by atoms with van der Waals surface area (Å²) in [5.74, 6) is -0.283. The van der Waals surface area contributed by atoms with Gasteiger partial charge in [-0.15, -0.1) is 0 Å². The summed E-state index contributed by atoms with van der Waals surface area (Å²) < 4.78 is 15.1. The second kappa shape index (κ2) is 7.85. The van der Waals surface area contributed by atoms with Crippen molar-refractivity contribution in [3.8, 4) is 0 Å². The molecule has 1 aliphatic heterocycles. The first-order chi connectivity index (χ1) is 11.9. The lowest BCUT2D eigenvalue weighted by Crippen LogP contribution is -2.45. The van der Waals surface area contributed by atoms with Crippen LogP contribution in [0.15, 0.2) is 18.2 Å². The predicted octanol–water partition coefficient (Wildman–Crippen LogP) is 3.58. The van der Waals surface area contributed by atoms with Gasteiger partial charge in [0, 0.05) is 49.0 Å². The molecule has 25 heavy (non-hydrogen) atoms. The van der Waals surface area contributed by atoms with E-state index >= 15 is 0 Å². The number of rotatable bonds is 5. The minimum Gasteiger partial charge on any atom is -0.309 e. The van der Waals surface area contributed by atoms with Crippen LogP contribution in [0.1, 0.15) is 35.4 Å². The normalized spacial score (nSPS) is 18.7. The number of nitrogens with zero attached hydrogens (tertiary/aromatic N) is 3. The Morgan fingerprint density at radius 2 is 2.16 bits per heavy atom. The van der Waals surface area contributed by atoms with E-state index in [1.54, 1.807) is 6.07 Å². The van der Waals surface area contributed by atoms with Crippen molar-refractivity contribution >= 4 is 11.6 Å². The van der Waals surface area contributed by atoms with E-state index < -0.39 is 0 Å². The first-order valence-electron chi connectivity index (χ1n) is 8.82. The van der Waals surface area contributed by atoms with Gasteiger partial charge in [0.2, 0.25) is 0 Å². The Kier molecular flexibility index (Phi) is 5.77. The van der Waals surface area contributed by atoms with Crippen molar-refractivity contribution in [2.24, 2.45) is 7.05 Å². The van der Waals surface area contributed by atoms with Crippen LogP contribution in [0.3, 0.4) is 0 Å². The number of hydrogen-bond acceptors (Lipinski definition) is 3. The van der Waals surface area contributed by atoms with Crippen LogP contribution in [0.25, 0.3) is 0 Å². The van der Waals surface area contributed by atoms with Gasteiger partial charge in [-0.1, -0.05) is 17.7 Å². The maximum absolute atomic E-state index is 13.2. The average Bonchev–Trinajstić information content (AvgIpc) is 2.81. The van der Waals surface area contributed by atoms with Gasteiger partial charge < -0.3 is 5.32 Å². The van der Waals surface area contributed by atoms with Gasteiger partial charge >= 0.3 is 0 Å². The lowest BCUT2D eigenvalue weighted by atomic mass is 10.0. The molecule has 1 saturated heterocycles. The highest BCUT2D eigenvalue weighted by Gasteiger charge is 2.21. The standard InChI is InChI=1S/C19H26ClFN4/c1-13-18(14(2)24(3)23-13)10-22-17-5-4-8-25(12-17)11-15-6-7-16(21)9-19(15)20/h6-7,9,17,22H,4-5,8,10-12H2,1-3H3. The van der Waals surface area contributed by atoms with Crippen molar-refractivity contribution in [2.45, 2.75) is 45.8 Å². The van der Waals surface area contributed by atoms with Crippen molar-refractivity contribution in [3.05, 3.63) is 51.6 Å². The first-order valence-corrected chi connectivity index (χ1v) is 9.20. The Bertz CT molecular complexity index is 743. The van der Waals surface area contributed by atoms with Crippen LogP contribution >= 0.6 is 11.6 Å². The zero-order valence-corrected chi connectivity index (χ0v) is 15.9. The minimum absolute atomic E-state index is 0.283. The van der Waals surface area contributed by atoms with Crippen molar-refractivity contribution in [1.82, 2.24) is 20.0 Å². The second-order valence-electron chi connectivity index (χ2n) is 6.96. The number of piperidine rings is 1. The Balaban J connectivity index is 1.57. The number of aromatic nitrogens is 2. The van der Waals surface area contributed by atoms with Gasteiger partial charge in [0.05, 0.1) is 5.69 Å². The molecule has 0 bridgehead atoms. The predicted molar refractivity (Wildman–Crippen MR) is 99.2 cm³/mol. The Morgan fingerprint density at radius 1 is 1.36 bits per heavy atom. The maximum atomic E-state index is 13.2. The third-order valence-electron chi connectivity index (χ3n) is 5.14. The van der Waals surface area contributed by atoms with E-state index in [0.717, 1.165) is 43.9 Å². The van der Waals surface area contributed by atoms with Crippen LogP contribution in [0, 0.1) is 19.7 Å². The fourth-order valence-corrected chi connectivity index (χ4v) is 3.80. The van der Waals surface area contributed by atoms with Gasteiger partial charge in [-0.25, -0.2) is 4.39 Å². The SMILES string of the molecule is Cc1nn(C)c(C)c1CNC1CCCN(Cc2ccc(F)cc2Cl)C1. The van der Waals surface area contributed by atoms with Crippen molar-refractivity contribution in [1.29, 1.82) is 0 Å². The van der Waals surface area contributed by atoms with Crippen LogP contribution in [0.2, 0.25) is 5.02 Å². The van der Waals surface area contributed by atoms with Gasteiger partial charge in [-0.2, -0.15) is 5.10 Å². The van der Waals surface area contributed by atoms with Crippen LogP contribution in [0.5, 0.6) is 0 Å². The van der Waals surface area contributed by atoms with Crippen LogP contribution in [0.4, 0.5) is 4.39 Å². The van der Waals surface area contributed by atoms with Gasteiger partial charge in [-0.3, -0.25) is 9.58 Å². The molecule has 0 aliphatic carbocycles. The monoisotopic (exact) mass is 364 g/mol. The summed E-state index contributed by atoms with van der Waals surface area (Å²) in [6.07, 6.45) is 2.33. The summed E-state index contributed by atoms with van der Waals surface area (Å²) in [6, 6.07) is 5.11. The van der Waals surface area contributed by atoms with Crippen molar-refractivity contribution in [2.75, 3.05) is 13.1 Å². The van der Waals surface area contributed by atoms with E-state index in [-0.39, 0.29) is 5.82 Å². The molecule has 0 spiro atoms. The smallest absolute Gasteiger partial charge is 0.124 e. The molecular weight excluding hydrogens is 339 g/mol. The van der Waals surface area contributed by atoms with E-state index in [2.05, 4.69) is 29.2 Å². The highest BCUT2D eigenvalue weighted by Crippen LogP contribution is 2.21. The molecule has 1 N–H and O–H groups in total. The van der Waals surface area contributed by atoms with Crippen LogP contribution in [-0.4, -0.2) is 33.8 Å².